The molecule has 6 rings (SSSR count). The second kappa shape index (κ2) is 6.23. The summed E-state index contributed by atoms with van der Waals surface area (Å²) in [6, 6.07) is 23.7. The minimum atomic E-state index is -0.366. The molecule has 0 radical (unpaired) electrons. The van der Waals surface area contributed by atoms with Crippen molar-refractivity contribution >= 4 is 34.1 Å². The van der Waals surface area contributed by atoms with Crippen LogP contribution < -0.4 is 5.32 Å². The third-order valence-electron chi connectivity index (χ3n) is 5.27. The van der Waals surface area contributed by atoms with Crippen molar-refractivity contribution < 1.29 is 0 Å². The number of benzene rings is 3. The fourth-order valence-corrected chi connectivity index (χ4v) is 3.93. The Balaban J connectivity index is 1.63. The van der Waals surface area contributed by atoms with Crippen LogP contribution in [0.5, 0.6) is 0 Å². The number of anilines is 1. The molecule has 0 fully saturated rings. The Kier molecular flexibility index (Phi) is 3.43. The number of aliphatic imine (C=N–C) groups is 1. The van der Waals surface area contributed by atoms with Gasteiger partial charge < -0.3 is 5.32 Å². The van der Waals surface area contributed by atoms with Gasteiger partial charge in [0.2, 0.25) is 0 Å². The summed E-state index contributed by atoms with van der Waals surface area (Å²) in [7, 11) is 0. The smallest absolute Gasteiger partial charge is 0.174 e. The SMILES string of the molecule is C1=NC(C(n2nnc3ccccc32)n2nnc3ccccc32)c2ccccc2N1. The summed E-state index contributed by atoms with van der Waals surface area (Å²) in [5.74, 6) is 0. The average Bonchev–Trinajstić information content (AvgIpc) is 3.40. The minimum absolute atomic E-state index is 0.248. The molecule has 0 saturated carbocycles. The standard InChI is InChI=1S/C21H16N8/c1-2-8-15-14(7-1)20(23-13-22-15)21(28-18-11-5-3-9-16(18)24-26-28)29-19-12-6-4-10-17(19)25-27-29/h1-13,20-21H,(H,22,23). The van der Waals surface area contributed by atoms with Gasteiger partial charge in [-0.15, -0.1) is 10.2 Å². The number of para-hydroxylation sites is 3. The number of nitrogens with one attached hydrogen (secondary N) is 1. The lowest BCUT2D eigenvalue weighted by atomic mass is 10.0. The number of hydrogen-bond donors (Lipinski definition) is 1. The first kappa shape index (κ1) is 15.9. The minimum Gasteiger partial charge on any atom is -0.346 e. The highest BCUT2D eigenvalue weighted by Gasteiger charge is 2.33. The van der Waals surface area contributed by atoms with E-state index in [0.717, 1.165) is 33.3 Å². The molecule has 5 aromatic rings. The molecule has 3 heterocycles. The number of aromatic nitrogens is 6. The van der Waals surface area contributed by atoms with Gasteiger partial charge in [-0.05, 0) is 30.3 Å². The lowest BCUT2D eigenvalue weighted by molar-refractivity contribution is 0.311. The Morgan fingerprint density at radius 2 is 1.31 bits per heavy atom. The Bertz CT molecular complexity index is 1290. The maximum absolute atomic E-state index is 4.78. The van der Waals surface area contributed by atoms with E-state index >= 15 is 0 Å². The zero-order valence-corrected chi connectivity index (χ0v) is 15.3. The number of fused-ring (bicyclic) bond motifs is 3. The Labute approximate surface area is 165 Å². The fraction of sp³-hybridized carbons (Fsp3) is 0.0952. The summed E-state index contributed by atoms with van der Waals surface area (Å²) < 4.78 is 3.78. The van der Waals surface area contributed by atoms with Gasteiger partial charge >= 0.3 is 0 Å². The van der Waals surface area contributed by atoms with Crippen molar-refractivity contribution in [2.24, 2.45) is 4.99 Å². The molecule has 1 N–H and O–H groups in total. The maximum atomic E-state index is 4.78. The van der Waals surface area contributed by atoms with Crippen molar-refractivity contribution in [3.05, 3.63) is 78.4 Å². The van der Waals surface area contributed by atoms with Crippen molar-refractivity contribution in [3.8, 4) is 0 Å². The van der Waals surface area contributed by atoms with Crippen molar-refractivity contribution in [2.75, 3.05) is 5.32 Å². The van der Waals surface area contributed by atoms with Crippen LogP contribution in [0.15, 0.2) is 77.8 Å². The molecule has 8 nitrogen and oxygen atoms in total. The second-order valence-electron chi connectivity index (χ2n) is 6.91. The quantitative estimate of drug-likeness (QED) is 0.518. The van der Waals surface area contributed by atoms with E-state index in [-0.39, 0.29) is 12.2 Å². The summed E-state index contributed by atoms with van der Waals surface area (Å²) in [6.07, 6.45) is 1.37. The summed E-state index contributed by atoms with van der Waals surface area (Å²) in [4.78, 5) is 4.78. The van der Waals surface area contributed by atoms with E-state index in [4.69, 9.17) is 4.99 Å². The Morgan fingerprint density at radius 3 is 2.00 bits per heavy atom. The van der Waals surface area contributed by atoms with Crippen LogP contribution in [0, 0.1) is 0 Å². The first-order valence-electron chi connectivity index (χ1n) is 9.37. The molecule has 8 heteroatoms. The summed E-state index contributed by atoms with van der Waals surface area (Å²) in [6.45, 7) is 0. The van der Waals surface area contributed by atoms with Gasteiger partial charge in [0, 0.05) is 11.3 Å². The molecule has 0 saturated heterocycles. The van der Waals surface area contributed by atoms with Crippen molar-refractivity contribution in [2.45, 2.75) is 12.2 Å². The van der Waals surface area contributed by atoms with E-state index in [2.05, 4.69) is 32.0 Å². The van der Waals surface area contributed by atoms with E-state index in [1.54, 1.807) is 6.34 Å². The van der Waals surface area contributed by atoms with Crippen LogP contribution in [0.4, 0.5) is 5.69 Å². The highest BCUT2D eigenvalue weighted by molar-refractivity contribution is 5.81. The lowest BCUT2D eigenvalue weighted by Crippen LogP contribution is -2.29. The third kappa shape index (κ3) is 2.42. The zero-order chi connectivity index (χ0) is 19.2. The van der Waals surface area contributed by atoms with Crippen LogP contribution in [0.2, 0.25) is 0 Å². The van der Waals surface area contributed by atoms with Gasteiger partial charge in [0.1, 0.15) is 17.1 Å². The first-order valence-corrected chi connectivity index (χ1v) is 9.37. The molecule has 29 heavy (non-hydrogen) atoms. The zero-order valence-electron chi connectivity index (χ0n) is 15.3. The second-order valence-corrected chi connectivity index (χ2v) is 6.91. The van der Waals surface area contributed by atoms with Gasteiger partial charge in [0.25, 0.3) is 0 Å². The summed E-state index contributed by atoms with van der Waals surface area (Å²) >= 11 is 0. The fourth-order valence-electron chi connectivity index (χ4n) is 3.93. The van der Waals surface area contributed by atoms with Crippen molar-refractivity contribution in [3.63, 3.8) is 0 Å². The van der Waals surface area contributed by atoms with Crippen molar-refractivity contribution in [1.82, 2.24) is 30.0 Å². The van der Waals surface area contributed by atoms with E-state index in [9.17, 15) is 0 Å². The highest BCUT2D eigenvalue weighted by Crippen LogP contribution is 2.38. The molecule has 1 unspecified atom stereocenters. The van der Waals surface area contributed by atoms with Gasteiger partial charge in [-0.2, -0.15) is 0 Å². The highest BCUT2D eigenvalue weighted by atomic mass is 15.6. The number of rotatable bonds is 3. The molecule has 140 valence electrons. The third-order valence-corrected chi connectivity index (χ3v) is 5.27. The molecule has 1 atom stereocenters. The molecule has 0 spiro atoms. The van der Waals surface area contributed by atoms with Gasteiger partial charge in [-0.1, -0.05) is 52.9 Å². The Hall–Kier alpha value is -4.07. The lowest BCUT2D eigenvalue weighted by Gasteiger charge is -2.29. The van der Waals surface area contributed by atoms with E-state index < -0.39 is 0 Å². The molecular formula is C21H16N8. The first-order chi connectivity index (χ1) is 14.4. The largest absolute Gasteiger partial charge is 0.346 e. The van der Waals surface area contributed by atoms with Gasteiger partial charge in [0.15, 0.2) is 6.17 Å². The molecule has 2 aromatic heterocycles. The van der Waals surface area contributed by atoms with Crippen LogP contribution >= 0.6 is 0 Å². The maximum Gasteiger partial charge on any atom is 0.174 e. The summed E-state index contributed by atoms with van der Waals surface area (Å²) in [5.41, 5.74) is 5.58. The van der Waals surface area contributed by atoms with Gasteiger partial charge in [0.05, 0.1) is 17.4 Å². The number of hydrogen-bond acceptors (Lipinski definition) is 6. The average molecular weight is 380 g/mol. The Morgan fingerprint density at radius 1 is 0.724 bits per heavy atom. The van der Waals surface area contributed by atoms with Crippen LogP contribution in [0.3, 0.4) is 0 Å². The molecule has 0 aliphatic carbocycles. The van der Waals surface area contributed by atoms with Crippen LogP contribution in [-0.4, -0.2) is 36.3 Å². The van der Waals surface area contributed by atoms with E-state index in [1.807, 2.05) is 76.1 Å². The van der Waals surface area contributed by atoms with Crippen LogP contribution in [0.1, 0.15) is 17.8 Å². The van der Waals surface area contributed by atoms with E-state index in [0.29, 0.717) is 0 Å². The molecule has 1 aliphatic heterocycles. The molecule has 0 amide bonds. The molecule has 0 bridgehead atoms. The summed E-state index contributed by atoms with van der Waals surface area (Å²) in [5, 5.41) is 20.9. The molecule has 1 aliphatic rings. The predicted octanol–water partition coefficient (Wildman–Crippen LogP) is 3.42. The molecule has 3 aromatic carbocycles. The van der Waals surface area contributed by atoms with Crippen molar-refractivity contribution in [1.29, 1.82) is 0 Å². The van der Waals surface area contributed by atoms with Crippen LogP contribution in [0.25, 0.3) is 22.1 Å². The van der Waals surface area contributed by atoms with Gasteiger partial charge in [-0.3, -0.25) is 4.99 Å². The van der Waals surface area contributed by atoms with Crippen LogP contribution in [-0.2, 0) is 0 Å². The normalized spacial score (nSPS) is 15.7. The molecular weight excluding hydrogens is 364 g/mol. The number of nitrogens with zero attached hydrogens (tertiary/aromatic N) is 7. The topological polar surface area (TPSA) is 85.8 Å². The monoisotopic (exact) mass is 380 g/mol. The van der Waals surface area contributed by atoms with E-state index in [1.165, 1.54) is 0 Å². The predicted molar refractivity (Wildman–Crippen MR) is 111 cm³/mol. The van der Waals surface area contributed by atoms with Gasteiger partial charge in [-0.25, -0.2) is 9.36 Å².